The number of nitrogens with two attached hydrogens (primary N) is 1. The first-order chi connectivity index (χ1) is 9.34. The molecule has 1 aromatic rings. The third-order valence-corrected chi connectivity index (χ3v) is 6.19. The molecule has 0 aliphatic heterocycles. The quantitative estimate of drug-likeness (QED) is 0.838. The summed E-state index contributed by atoms with van der Waals surface area (Å²) in [6.07, 6.45) is 2.19. The van der Waals surface area contributed by atoms with Crippen molar-refractivity contribution in [3.05, 3.63) is 29.8 Å². The van der Waals surface area contributed by atoms with E-state index in [4.69, 9.17) is 5.73 Å². The van der Waals surface area contributed by atoms with Crippen molar-refractivity contribution in [1.29, 1.82) is 0 Å². The van der Waals surface area contributed by atoms with E-state index in [0.717, 1.165) is 18.4 Å². The Morgan fingerprint density at radius 3 is 2.05 bits per heavy atom. The molecule has 0 amide bonds. The van der Waals surface area contributed by atoms with Gasteiger partial charge in [0.2, 0.25) is 0 Å². The van der Waals surface area contributed by atoms with Crippen molar-refractivity contribution < 1.29 is 8.42 Å². The van der Waals surface area contributed by atoms with Crippen LogP contribution in [0.15, 0.2) is 29.2 Å². The highest BCUT2D eigenvalue weighted by atomic mass is 32.2. The molecule has 0 fully saturated rings. The summed E-state index contributed by atoms with van der Waals surface area (Å²) in [5.74, 6) is 0.399. The van der Waals surface area contributed by atoms with Gasteiger partial charge in [0.25, 0.3) is 0 Å². The fraction of sp³-hybridized carbons (Fsp3) is 0.625. The van der Waals surface area contributed by atoms with E-state index in [0.29, 0.717) is 17.2 Å². The minimum atomic E-state index is -3.34. The van der Waals surface area contributed by atoms with E-state index in [9.17, 15) is 8.42 Å². The Hall–Kier alpha value is -0.870. The van der Waals surface area contributed by atoms with Gasteiger partial charge in [-0.1, -0.05) is 46.2 Å². The van der Waals surface area contributed by atoms with Gasteiger partial charge < -0.3 is 5.73 Å². The van der Waals surface area contributed by atoms with E-state index in [2.05, 4.69) is 13.8 Å². The third kappa shape index (κ3) is 3.83. The van der Waals surface area contributed by atoms with Gasteiger partial charge in [-0.2, -0.15) is 0 Å². The Kier molecular flexibility index (Phi) is 6.21. The van der Waals surface area contributed by atoms with Crippen molar-refractivity contribution in [2.45, 2.75) is 69.1 Å². The first kappa shape index (κ1) is 17.2. The van der Waals surface area contributed by atoms with Crippen LogP contribution in [-0.4, -0.2) is 19.7 Å². The number of hydrogen-bond donors (Lipinski definition) is 1. The average Bonchev–Trinajstić information content (AvgIpc) is 2.39. The molecule has 0 saturated heterocycles. The van der Waals surface area contributed by atoms with Crippen LogP contribution in [0.25, 0.3) is 0 Å². The van der Waals surface area contributed by atoms with Gasteiger partial charge in [0, 0.05) is 6.04 Å². The van der Waals surface area contributed by atoms with Gasteiger partial charge in [0.1, 0.15) is 0 Å². The number of sulfone groups is 1. The van der Waals surface area contributed by atoms with Crippen LogP contribution in [0.3, 0.4) is 0 Å². The van der Waals surface area contributed by atoms with Crippen LogP contribution in [0.5, 0.6) is 0 Å². The van der Waals surface area contributed by atoms with Gasteiger partial charge in [-0.25, -0.2) is 8.42 Å². The summed E-state index contributed by atoms with van der Waals surface area (Å²) in [6, 6.07) is 6.93. The zero-order valence-corrected chi connectivity index (χ0v) is 13.8. The van der Waals surface area contributed by atoms with Gasteiger partial charge >= 0.3 is 0 Å². The molecule has 2 unspecified atom stereocenters. The lowest BCUT2D eigenvalue weighted by Crippen LogP contribution is -2.40. The first-order valence-corrected chi connectivity index (χ1v) is 8.98. The summed E-state index contributed by atoms with van der Waals surface area (Å²) >= 11 is 0. The molecular weight excluding hydrogens is 270 g/mol. The van der Waals surface area contributed by atoms with Gasteiger partial charge in [-0.05, 0) is 36.5 Å². The van der Waals surface area contributed by atoms with Gasteiger partial charge in [0.05, 0.1) is 10.1 Å². The summed E-state index contributed by atoms with van der Waals surface area (Å²) in [5.41, 5.74) is 7.21. The van der Waals surface area contributed by atoms with E-state index >= 15 is 0 Å². The maximum absolute atomic E-state index is 12.7. The van der Waals surface area contributed by atoms with E-state index in [-0.39, 0.29) is 6.04 Å². The lowest BCUT2D eigenvalue weighted by atomic mass is 10.0. The lowest BCUT2D eigenvalue weighted by molar-refractivity contribution is 0.516. The molecule has 1 rings (SSSR count). The highest BCUT2D eigenvalue weighted by Crippen LogP contribution is 2.24. The molecule has 1 aromatic carbocycles. The summed E-state index contributed by atoms with van der Waals surface area (Å²) in [5, 5.41) is -0.493. The number of hydrogen-bond acceptors (Lipinski definition) is 3. The van der Waals surface area contributed by atoms with Gasteiger partial charge in [-0.3, -0.25) is 0 Å². The molecule has 0 spiro atoms. The number of benzene rings is 1. The van der Waals surface area contributed by atoms with Crippen LogP contribution in [0.4, 0.5) is 0 Å². The summed E-state index contributed by atoms with van der Waals surface area (Å²) in [4.78, 5) is 0.389. The van der Waals surface area contributed by atoms with Crippen molar-refractivity contribution in [1.82, 2.24) is 0 Å². The van der Waals surface area contributed by atoms with Crippen LogP contribution < -0.4 is 5.73 Å². The molecular formula is C16H27NO2S. The Morgan fingerprint density at radius 2 is 1.65 bits per heavy atom. The second kappa shape index (κ2) is 7.23. The van der Waals surface area contributed by atoms with Crippen molar-refractivity contribution in [3.63, 3.8) is 0 Å². The van der Waals surface area contributed by atoms with Crippen LogP contribution >= 0.6 is 0 Å². The molecule has 0 aliphatic carbocycles. The predicted octanol–water partition coefficient (Wildman–Crippen LogP) is 3.49. The molecule has 0 heterocycles. The summed E-state index contributed by atoms with van der Waals surface area (Å²) in [7, 11) is -3.34. The van der Waals surface area contributed by atoms with E-state index in [1.54, 1.807) is 12.1 Å². The second-order valence-electron chi connectivity index (χ2n) is 5.67. The predicted molar refractivity (Wildman–Crippen MR) is 84.7 cm³/mol. The fourth-order valence-corrected chi connectivity index (χ4v) is 4.39. The average molecular weight is 297 g/mol. The maximum Gasteiger partial charge on any atom is 0.182 e. The normalized spacial score (nSPS) is 15.3. The van der Waals surface area contributed by atoms with Crippen LogP contribution in [0.2, 0.25) is 0 Å². The minimum Gasteiger partial charge on any atom is -0.327 e. The van der Waals surface area contributed by atoms with E-state index < -0.39 is 15.1 Å². The van der Waals surface area contributed by atoms with Crippen LogP contribution in [0.1, 0.15) is 58.4 Å². The highest BCUT2D eigenvalue weighted by Gasteiger charge is 2.30. The highest BCUT2D eigenvalue weighted by molar-refractivity contribution is 7.92. The van der Waals surface area contributed by atoms with Crippen molar-refractivity contribution in [2.75, 3.05) is 0 Å². The Balaban J connectivity index is 3.07. The van der Waals surface area contributed by atoms with E-state index in [1.165, 1.54) is 0 Å². The monoisotopic (exact) mass is 297 g/mol. The largest absolute Gasteiger partial charge is 0.327 e. The molecule has 20 heavy (non-hydrogen) atoms. The Bertz CT molecular complexity index is 506. The topological polar surface area (TPSA) is 60.2 Å². The zero-order chi connectivity index (χ0) is 15.3. The first-order valence-electron chi connectivity index (χ1n) is 7.44. The molecule has 2 N–H and O–H groups in total. The Labute approximate surface area is 123 Å². The Morgan fingerprint density at radius 1 is 1.10 bits per heavy atom. The smallest absolute Gasteiger partial charge is 0.182 e. The molecule has 4 heteroatoms. The maximum atomic E-state index is 12.7. The van der Waals surface area contributed by atoms with Gasteiger partial charge in [0.15, 0.2) is 9.84 Å². The van der Waals surface area contributed by atoms with Crippen LogP contribution in [0, 0.1) is 0 Å². The summed E-state index contributed by atoms with van der Waals surface area (Å²) in [6.45, 7) is 8.10. The molecule has 0 aliphatic rings. The fourth-order valence-electron chi connectivity index (χ4n) is 2.49. The lowest BCUT2D eigenvalue weighted by Gasteiger charge is -2.22. The van der Waals surface area contributed by atoms with Crippen molar-refractivity contribution in [3.8, 4) is 0 Å². The number of rotatable bonds is 7. The SMILES string of the molecule is CCCC(N)C(CC)S(=O)(=O)c1ccc(C(C)C)cc1. The van der Waals surface area contributed by atoms with Crippen molar-refractivity contribution in [2.24, 2.45) is 5.73 Å². The van der Waals surface area contributed by atoms with Crippen molar-refractivity contribution >= 4 is 9.84 Å². The second-order valence-corrected chi connectivity index (χ2v) is 7.83. The molecule has 2 atom stereocenters. The van der Waals surface area contributed by atoms with Gasteiger partial charge in [-0.15, -0.1) is 0 Å². The van der Waals surface area contributed by atoms with E-state index in [1.807, 2.05) is 26.0 Å². The molecule has 114 valence electrons. The summed E-state index contributed by atoms with van der Waals surface area (Å²) < 4.78 is 25.4. The molecule has 0 saturated carbocycles. The zero-order valence-electron chi connectivity index (χ0n) is 13.0. The molecule has 0 aromatic heterocycles. The minimum absolute atomic E-state index is 0.292. The van der Waals surface area contributed by atoms with Crippen LogP contribution in [-0.2, 0) is 9.84 Å². The molecule has 0 radical (unpaired) electrons. The third-order valence-electron chi connectivity index (χ3n) is 3.78. The molecule has 0 bridgehead atoms. The standard InChI is InChI=1S/C16H27NO2S/c1-5-7-15(17)16(6-2)20(18,19)14-10-8-13(9-11-14)12(3)4/h8-12,15-16H,5-7,17H2,1-4H3. The molecule has 3 nitrogen and oxygen atoms in total.